The molecule has 182 valence electrons. The van der Waals surface area contributed by atoms with Crippen molar-refractivity contribution >= 4 is 11.8 Å². The van der Waals surface area contributed by atoms with Gasteiger partial charge >= 0.3 is 6.18 Å². The first-order chi connectivity index (χ1) is 16.2. The Bertz CT molecular complexity index is 1010. The van der Waals surface area contributed by atoms with Crippen LogP contribution in [0.25, 0.3) is 0 Å². The van der Waals surface area contributed by atoms with E-state index in [2.05, 4.69) is 15.5 Å². The van der Waals surface area contributed by atoms with Crippen molar-refractivity contribution in [2.45, 2.75) is 49.9 Å². The van der Waals surface area contributed by atoms with E-state index in [1.54, 1.807) is 0 Å². The molecule has 2 aliphatic rings. The zero-order valence-electron chi connectivity index (χ0n) is 18.6. The fraction of sp³-hybridized carbons (Fsp3) is 0.440. The van der Waals surface area contributed by atoms with Gasteiger partial charge in [0.05, 0.1) is 18.2 Å². The molecule has 4 rings (SSSR count). The Morgan fingerprint density at radius 1 is 0.971 bits per heavy atom. The zero-order valence-corrected chi connectivity index (χ0v) is 18.6. The van der Waals surface area contributed by atoms with E-state index < -0.39 is 17.6 Å². The van der Waals surface area contributed by atoms with Gasteiger partial charge < -0.3 is 10.6 Å². The number of hydrogen-bond acceptors (Lipinski definition) is 3. The smallest absolute Gasteiger partial charge is 0.349 e. The second-order valence-electron chi connectivity index (χ2n) is 9.04. The third kappa shape index (κ3) is 5.94. The lowest BCUT2D eigenvalue weighted by Gasteiger charge is -2.46. The number of carbonyl (C=O) groups is 2. The molecule has 0 radical (unpaired) electrons. The number of amides is 2. The molecule has 0 unspecified atom stereocenters. The highest BCUT2D eigenvalue weighted by atomic mass is 19.4. The molecule has 1 saturated carbocycles. The van der Waals surface area contributed by atoms with Crippen LogP contribution in [0.2, 0.25) is 0 Å². The lowest BCUT2D eigenvalue weighted by Crippen LogP contribution is -2.63. The number of rotatable bonds is 6. The van der Waals surface area contributed by atoms with Crippen molar-refractivity contribution < 1.29 is 27.2 Å². The van der Waals surface area contributed by atoms with E-state index >= 15 is 0 Å². The van der Waals surface area contributed by atoms with Crippen LogP contribution in [-0.2, 0) is 11.0 Å². The Kier molecular flexibility index (Phi) is 7.21. The van der Waals surface area contributed by atoms with Crippen molar-refractivity contribution in [3.63, 3.8) is 0 Å². The standard InChI is InChI=1S/C25H27F4N3O2/c26-20-8-4-16(5-9-20)17-6-10-22(11-7-17)32-14-21(15-32)31-23(33)13-30-24(34)18-2-1-3-19(12-18)25(27,28)29/h1-5,8-9,12,17,21-22H,6-7,10-11,13-15H2,(H,30,34)(H,31,33). The molecule has 0 atom stereocenters. The van der Waals surface area contributed by atoms with Crippen LogP contribution in [0.15, 0.2) is 48.5 Å². The van der Waals surface area contributed by atoms with Gasteiger partial charge in [0, 0.05) is 24.7 Å². The van der Waals surface area contributed by atoms with Crippen LogP contribution in [0.1, 0.15) is 53.1 Å². The summed E-state index contributed by atoms with van der Waals surface area (Å²) < 4.78 is 51.5. The molecular formula is C25H27F4N3O2. The molecule has 2 aromatic rings. The summed E-state index contributed by atoms with van der Waals surface area (Å²) in [6, 6.07) is 11.3. The lowest BCUT2D eigenvalue weighted by molar-refractivity contribution is -0.137. The minimum atomic E-state index is -4.54. The normalized spacial score (nSPS) is 21.5. The van der Waals surface area contributed by atoms with Gasteiger partial charge in [-0.15, -0.1) is 0 Å². The van der Waals surface area contributed by atoms with Gasteiger partial charge in [-0.25, -0.2) is 4.39 Å². The number of nitrogens with one attached hydrogen (secondary N) is 2. The second kappa shape index (κ2) is 10.1. The Labute approximate surface area is 195 Å². The van der Waals surface area contributed by atoms with E-state index in [-0.39, 0.29) is 29.9 Å². The van der Waals surface area contributed by atoms with Crippen LogP contribution < -0.4 is 10.6 Å². The van der Waals surface area contributed by atoms with Crippen molar-refractivity contribution in [3.05, 3.63) is 71.0 Å². The first-order valence-electron chi connectivity index (χ1n) is 11.4. The van der Waals surface area contributed by atoms with Crippen LogP contribution in [0.5, 0.6) is 0 Å². The summed E-state index contributed by atoms with van der Waals surface area (Å²) in [7, 11) is 0. The summed E-state index contributed by atoms with van der Waals surface area (Å²) in [6.07, 6.45) is -0.341. The van der Waals surface area contributed by atoms with Gasteiger partial charge in [0.25, 0.3) is 5.91 Å². The molecule has 1 saturated heterocycles. The van der Waals surface area contributed by atoms with Gasteiger partial charge in [0.1, 0.15) is 5.82 Å². The maximum absolute atomic E-state index is 13.1. The molecule has 2 fully saturated rings. The largest absolute Gasteiger partial charge is 0.416 e. The molecule has 1 aliphatic carbocycles. The Hall–Kier alpha value is -2.94. The molecule has 2 N–H and O–H groups in total. The van der Waals surface area contributed by atoms with Crippen molar-refractivity contribution in [2.24, 2.45) is 0 Å². The maximum Gasteiger partial charge on any atom is 0.416 e. The Morgan fingerprint density at radius 3 is 2.29 bits per heavy atom. The molecule has 0 bridgehead atoms. The van der Waals surface area contributed by atoms with E-state index in [0.29, 0.717) is 12.0 Å². The lowest BCUT2D eigenvalue weighted by atomic mass is 9.80. The van der Waals surface area contributed by atoms with Crippen LogP contribution >= 0.6 is 0 Å². The van der Waals surface area contributed by atoms with Gasteiger partial charge in [-0.3, -0.25) is 14.5 Å². The summed E-state index contributed by atoms with van der Waals surface area (Å²) in [5.74, 6) is -0.866. The number of alkyl halides is 3. The first-order valence-corrected chi connectivity index (χ1v) is 11.4. The predicted molar refractivity (Wildman–Crippen MR) is 119 cm³/mol. The third-order valence-corrected chi connectivity index (χ3v) is 6.69. The molecule has 1 heterocycles. The molecule has 5 nitrogen and oxygen atoms in total. The summed E-state index contributed by atoms with van der Waals surface area (Å²) >= 11 is 0. The number of hydrogen-bond donors (Lipinski definition) is 2. The summed E-state index contributed by atoms with van der Waals surface area (Å²) in [5, 5.41) is 5.23. The van der Waals surface area contributed by atoms with Crippen molar-refractivity contribution in [1.82, 2.24) is 15.5 Å². The number of likely N-dealkylation sites (tertiary alicyclic amines) is 1. The predicted octanol–water partition coefficient (Wildman–Crippen LogP) is 4.10. The van der Waals surface area contributed by atoms with E-state index in [0.717, 1.165) is 57.0 Å². The molecule has 2 amide bonds. The summed E-state index contributed by atoms with van der Waals surface area (Å²) in [5.41, 5.74) is 0.125. The van der Waals surface area contributed by atoms with Crippen LogP contribution in [0, 0.1) is 5.82 Å². The van der Waals surface area contributed by atoms with Gasteiger partial charge in [-0.2, -0.15) is 13.2 Å². The minimum absolute atomic E-state index is 0.00668. The van der Waals surface area contributed by atoms with E-state index in [1.807, 2.05) is 12.1 Å². The van der Waals surface area contributed by atoms with Gasteiger partial charge in [0.15, 0.2) is 0 Å². The first kappa shape index (κ1) is 24.2. The molecule has 1 aliphatic heterocycles. The van der Waals surface area contributed by atoms with Gasteiger partial charge in [0.2, 0.25) is 5.91 Å². The van der Waals surface area contributed by atoms with E-state index in [1.165, 1.54) is 23.8 Å². The number of carbonyl (C=O) groups excluding carboxylic acids is 2. The third-order valence-electron chi connectivity index (χ3n) is 6.69. The Morgan fingerprint density at radius 2 is 1.65 bits per heavy atom. The minimum Gasteiger partial charge on any atom is -0.349 e. The highest BCUT2D eigenvalue weighted by molar-refractivity contribution is 5.96. The quantitative estimate of drug-likeness (QED) is 0.616. The van der Waals surface area contributed by atoms with Crippen molar-refractivity contribution in [1.29, 1.82) is 0 Å². The Balaban J connectivity index is 1.15. The molecule has 0 aromatic heterocycles. The maximum atomic E-state index is 13.1. The number of benzene rings is 2. The highest BCUT2D eigenvalue weighted by Crippen LogP contribution is 2.36. The van der Waals surface area contributed by atoms with Crippen molar-refractivity contribution in [2.75, 3.05) is 19.6 Å². The topological polar surface area (TPSA) is 61.4 Å². The number of nitrogens with zero attached hydrogens (tertiary/aromatic N) is 1. The highest BCUT2D eigenvalue weighted by Gasteiger charge is 2.35. The van der Waals surface area contributed by atoms with Gasteiger partial charge in [-0.1, -0.05) is 18.2 Å². The monoisotopic (exact) mass is 477 g/mol. The summed E-state index contributed by atoms with van der Waals surface area (Å²) in [6.45, 7) is 1.17. The molecule has 2 aromatic carbocycles. The molecular weight excluding hydrogens is 450 g/mol. The second-order valence-corrected chi connectivity index (χ2v) is 9.04. The summed E-state index contributed by atoms with van der Waals surface area (Å²) in [4.78, 5) is 26.6. The fourth-order valence-corrected chi connectivity index (χ4v) is 4.79. The average molecular weight is 478 g/mol. The zero-order chi connectivity index (χ0) is 24.3. The van der Waals surface area contributed by atoms with Gasteiger partial charge in [-0.05, 0) is 67.5 Å². The molecule has 0 spiro atoms. The van der Waals surface area contributed by atoms with Crippen LogP contribution in [-0.4, -0.2) is 48.4 Å². The van der Waals surface area contributed by atoms with Crippen LogP contribution in [0.3, 0.4) is 0 Å². The average Bonchev–Trinajstić information content (AvgIpc) is 2.80. The van der Waals surface area contributed by atoms with E-state index in [9.17, 15) is 27.2 Å². The SMILES string of the molecule is O=C(CNC(=O)c1cccc(C(F)(F)F)c1)NC1CN(C2CCC(c3ccc(F)cc3)CC2)C1. The van der Waals surface area contributed by atoms with E-state index in [4.69, 9.17) is 0 Å². The van der Waals surface area contributed by atoms with Crippen LogP contribution in [0.4, 0.5) is 17.6 Å². The van der Waals surface area contributed by atoms with Crippen molar-refractivity contribution in [3.8, 4) is 0 Å². The fourth-order valence-electron chi connectivity index (χ4n) is 4.79. The number of halogens is 4. The molecule has 34 heavy (non-hydrogen) atoms. The molecule has 9 heteroatoms.